The third kappa shape index (κ3) is 2.96. The minimum Gasteiger partial charge on any atom is -0.504 e. The third-order valence-corrected chi connectivity index (χ3v) is 3.16. The molecule has 2 aromatic rings. The summed E-state index contributed by atoms with van der Waals surface area (Å²) in [5.41, 5.74) is 2.94. The van der Waals surface area contributed by atoms with Gasteiger partial charge in [-0.25, -0.2) is 0 Å². The van der Waals surface area contributed by atoms with Crippen LogP contribution in [0.25, 0.3) is 0 Å². The second kappa shape index (κ2) is 6.19. The van der Waals surface area contributed by atoms with E-state index in [1.807, 2.05) is 55.4 Å². The summed E-state index contributed by atoms with van der Waals surface area (Å²) in [6.07, 6.45) is 0. The van der Waals surface area contributed by atoms with E-state index in [0.29, 0.717) is 12.3 Å². The highest BCUT2D eigenvalue weighted by Crippen LogP contribution is 2.31. The van der Waals surface area contributed by atoms with Crippen molar-refractivity contribution >= 4 is 11.4 Å². The van der Waals surface area contributed by atoms with E-state index < -0.39 is 0 Å². The van der Waals surface area contributed by atoms with Crippen LogP contribution in [0.4, 0.5) is 11.4 Å². The quantitative estimate of drug-likeness (QED) is 0.878. The Morgan fingerprint density at radius 3 is 2.55 bits per heavy atom. The van der Waals surface area contributed by atoms with Gasteiger partial charge in [0.2, 0.25) is 0 Å². The lowest BCUT2D eigenvalue weighted by Crippen LogP contribution is -2.12. The van der Waals surface area contributed by atoms with Gasteiger partial charge in [-0.3, -0.25) is 0 Å². The number of hydrogen-bond acceptors (Lipinski definition) is 4. The van der Waals surface area contributed by atoms with Crippen LogP contribution in [0.1, 0.15) is 5.56 Å². The third-order valence-electron chi connectivity index (χ3n) is 3.16. The van der Waals surface area contributed by atoms with Gasteiger partial charge in [-0.1, -0.05) is 24.3 Å². The molecule has 4 heteroatoms. The van der Waals surface area contributed by atoms with Crippen LogP contribution in [0.15, 0.2) is 42.5 Å². The maximum atomic E-state index is 10.1. The smallest absolute Gasteiger partial charge is 0.162 e. The van der Waals surface area contributed by atoms with E-state index in [1.165, 1.54) is 0 Å². The molecule has 0 heterocycles. The van der Waals surface area contributed by atoms with Gasteiger partial charge in [0, 0.05) is 26.2 Å². The summed E-state index contributed by atoms with van der Waals surface area (Å²) in [7, 11) is 5.56. The Hall–Kier alpha value is -2.36. The topological polar surface area (TPSA) is 44.7 Å². The number of phenols is 1. The molecule has 0 aromatic heterocycles. The minimum atomic E-state index is 0.185. The van der Waals surface area contributed by atoms with Crippen molar-refractivity contribution in [2.24, 2.45) is 0 Å². The average Bonchev–Trinajstić information content (AvgIpc) is 2.46. The molecule has 0 amide bonds. The first-order valence-corrected chi connectivity index (χ1v) is 6.48. The van der Waals surface area contributed by atoms with Gasteiger partial charge in [0.1, 0.15) is 0 Å². The molecule has 2 N–H and O–H groups in total. The number of ether oxygens (including phenoxy) is 1. The molecule has 0 aliphatic rings. The predicted octanol–water partition coefficient (Wildman–Crippen LogP) is 3.08. The molecule has 0 radical (unpaired) electrons. The highest BCUT2D eigenvalue weighted by molar-refractivity contribution is 5.69. The number of para-hydroxylation sites is 3. The van der Waals surface area contributed by atoms with Gasteiger partial charge in [-0.05, 0) is 18.2 Å². The van der Waals surface area contributed by atoms with Gasteiger partial charge in [-0.15, -0.1) is 0 Å². The fourth-order valence-corrected chi connectivity index (χ4v) is 2.08. The van der Waals surface area contributed by atoms with Crippen LogP contribution in [0, 0.1) is 0 Å². The minimum absolute atomic E-state index is 0.185. The molecule has 0 saturated heterocycles. The van der Waals surface area contributed by atoms with E-state index in [9.17, 15) is 5.11 Å². The number of anilines is 2. The van der Waals surface area contributed by atoms with Crippen LogP contribution in [0.2, 0.25) is 0 Å². The van der Waals surface area contributed by atoms with Crippen LogP contribution in [-0.2, 0) is 6.54 Å². The van der Waals surface area contributed by atoms with Crippen LogP contribution < -0.4 is 15.0 Å². The summed E-state index contributed by atoms with van der Waals surface area (Å²) in [5, 5.41) is 13.4. The lowest BCUT2D eigenvalue weighted by atomic mass is 10.1. The Bertz CT molecular complexity index is 582. The SMILES string of the molecule is COc1cccc(CNc2ccccc2N(C)C)c1O. The molecular formula is C16H20N2O2. The molecule has 2 rings (SSSR count). The van der Waals surface area contributed by atoms with Crippen molar-refractivity contribution in [3.63, 3.8) is 0 Å². The molecule has 0 fully saturated rings. The van der Waals surface area contributed by atoms with Gasteiger partial charge >= 0.3 is 0 Å². The molecule has 0 aliphatic heterocycles. The maximum absolute atomic E-state index is 10.1. The molecule has 20 heavy (non-hydrogen) atoms. The summed E-state index contributed by atoms with van der Waals surface area (Å²) in [5.74, 6) is 0.676. The van der Waals surface area contributed by atoms with Crippen molar-refractivity contribution in [2.45, 2.75) is 6.54 Å². The van der Waals surface area contributed by atoms with Crippen molar-refractivity contribution in [1.82, 2.24) is 0 Å². The summed E-state index contributed by atoms with van der Waals surface area (Å²) < 4.78 is 5.11. The van der Waals surface area contributed by atoms with E-state index in [4.69, 9.17) is 4.74 Å². The first kappa shape index (κ1) is 14.1. The largest absolute Gasteiger partial charge is 0.504 e. The summed E-state index contributed by atoms with van der Waals surface area (Å²) in [4.78, 5) is 2.05. The van der Waals surface area contributed by atoms with Crippen molar-refractivity contribution in [2.75, 3.05) is 31.4 Å². The number of nitrogens with one attached hydrogen (secondary N) is 1. The predicted molar refractivity (Wildman–Crippen MR) is 82.8 cm³/mol. The molecule has 0 saturated carbocycles. The van der Waals surface area contributed by atoms with Crippen molar-refractivity contribution in [1.29, 1.82) is 0 Å². The number of phenolic OH excluding ortho intramolecular Hbond substituents is 1. The van der Waals surface area contributed by atoms with Gasteiger partial charge in [0.15, 0.2) is 11.5 Å². The van der Waals surface area contributed by atoms with Crippen molar-refractivity contribution < 1.29 is 9.84 Å². The Morgan fingerprint density at radius 2 is 1.85 bits per heavy atom. The molecule has 0 atom stereocenters. The van der Waals surface area contributed by atoms with Crippen LogP contribution >= 0.6 is 0 Å². The van der Waals surface area contributed by atoms with Gasteiger partial charge < -0.3 is 20.1 Å². The van der Waals surface area contributed by atoms with Crippen molar-refractivity contribution in [3.8, 4) is 11.5 Å². The van der Waals surface area contributed by atoms with Gasteiger partial charge in [-0.2, -0.15) is 0 Å². The normalized spacial score (nSPS) is 10.2. The summed E-state index contributed by atoms with van der Waals surface area (Å²) >= 11 is 0. The molecular weight excluding hydrogens is 252 g/mol. The molecule has 2 aromatic carbocycles. The Balaban J connectivity index is 2.17. The molecule has 0 unspecified atom stereocenters. The highest BCUT2D eigenvalue weighted by atomic mass is 16.5. The fourth-order valence-electron chi connectivity index (χ4n) is 2.08. The maximum Gasteiger partial charge on any atom is 0.162 e. The lowest BCUT2D eigenvalue weighted by molar-refractivity contribution is 0.371. The Labute approximate surface area is 119 Å². The highest BCUT2D eigenvalue weighted by Gasteiger charge is 2.08. The molecule has 0 bridgehead atoms. The van der Waals surface area contributed by atoms with E-state index in [0.717, 1.165) is 16.9 Å². The molecule has 4 nitrogen and oxygen atoms in total. The number of rotatable bonds is 5. The zero-order valence-corrected chi connectivity index (χ0v) is 12.1. The number of benzene rings is 2. The molecule has 106 valence electrons. The van der Waals surface area contributed by atoms with Crippen molar-refractivity contribution in [3.05, 3.63) is 48.0 Å². The van der Waals surface area contributed by atoms with Crippen LogP contribution in [0.5, 0.6) is 11.5 Å². The summed E-state index contributed by atoms with van der Waals surface area (Å²) in [6.45, 7) is 0.536. The van der Waals surface area contributed by atoms with E-state index in [2.05, 4.69) is 5.32 Å². The van der Waals surface area contributed by atoms with E-state index >= 15 is 0 Å². The standard InChI is InChI=1S/C16H20N2O2/c1-18(2)14-9-5-4-8-13(14)17-11-12-7-6-10-15(20-3)16(12)19/h4-10,17,19H,11H2,1-3H3. The van der Waals surface area contributed by atoms with Crippen LogP contribution in [-0.4, -0.2) is 26.3 Å². The lowest BCUT2D eigenvalue weighted by Gasteiger charge is -2.18. The van der Waals surface area contributed by atoms with Gasteiger partial charge in [0.25, 0.3) is 0 Å². The first-order chi connectivity index (χ1) is 9.63. The fraction of sp³-hybridized carbons (Fsp3) is 0.250. The number of hydrogen-bond donors (Lipinski definition) is 2. The second-order valence-corrected chi connectivity index (χ2v) is 4.73. The number of methoxy groups -OCH3 is 1. The zero-order valence-electron chi connectivity index (χ0n) is 12.1. The Kier molecular flexibility index (Phi) is 4.35. The van der Waals surface area contributed by atoms with Gasteiger partial charge in [0.05, 0.1) is 18.5 Å². The summed E-state index contributed by atoms with van der Waals surface area (Å²) in [6, 6.07) is 13.5. The van der Waals surface area contributed by atoms with E-state index in [-0.39, 0.29) is 5.75 Å². The van der Waals surface area contributed by atoms with E-state index in [1.54, 1.807) is 13.2 Å². The first-order valence-electron chi connectivity index (χ1n) is 6.48. The van der Waals surface area contributed by atoms with Crippen LogP contribution in [0.3, 0.4) is 0 Å². The Morgan fingerprint density at radius 1 is 1.10 bits per heavy atom. The second-order valence-electron chi connectivity index (χ2n) is 4.73. The number of nitrogens with zero attached hydrogens (tertiary/aromatic N) is 1. The molecule has 0 aliphatic carbocycles. The average molecular weight is 272 g/mol. The zero-order chi connectivity index (χ0) is 14.5. The monoisotopic (exact) mass is 272 g/mol. The number of aromatic hydroxyl groups is 1. The molecule has 0 spiro atoms.